The van der Waals surface area contributed by atoms with E-state index in [1.54, 1.807) is 20.8 Å². The third-order valence-corrected chi connectivity index (χ3v) is 3.97. The van der Waals surface area contributed by atoms with Gasteiger partial charge in [-0.25, -0.2) is 9.59 Å². The molecule has 1 unspecified atom stereocenters. The van der Waals surface area contributed by atoms with Gasteiger partial charge in [-0.1, -0.05) is 109 Å². The molecule has 0 aromatic heterocycles. The van der Waals surface area contributed by atoms with E-state index in [0.29, 0.717) is 6.42 Å². The molecule has 0 radical (unpaired) electrons. The molecular weight excluding hydrogens is 426 g/mol. The monoisotopic (exact) mass is 477 g/mol. The van der Waals surface area contributed by atoms with Gasteiger partial charge in [-0.15, -0.1) is 0 Å². The second-order valence-corrected chi connectivity index (χ2v) is 8.08. The minimum absolute atomic E-state index is 0. The second kappa shape index (κ2) is 22.2. The molecule has 0 bridgehead atoms. The lowest BCUT2D eigenvalue weighted by atomic mass is 10.1. The van der Waals surface area contributed by atoms with Gasteiger partial charge in [0, 0.05) is 0 Å². The summed E-state index contributed by atoms with van der Waals surface area (Å²) in [5.74, 6) is -0.484. The summed E-state index contributed by atoms with van der Waals surface area (Å²) in [6.07, 6.45) is 9.11. The van der Waals surface area contributed by atoms with Crippen molar-refractivity contribution in [3.63, 3.8) is 0 Å². The van der Waals surface area contributed by atoms with Crippen molar-refractivity contribution in [2.75, 3.05) is 0 Å². The Morgan fingerprint density at radius 2 is 1.65 bits per heavy atom. The molecule has 1 amide bonds. The van der Waals surface area contributed by atoms with Gasteiger partial charge in [0.25, 0.3) is 0 Å². The Morgan fingerprint density at radius 3 is 2.18 bits per heavy atom. The molecule has 1 aromatic rings. The largest absolute Gasteiger partial charge is 0.459 e. The first-order chi connectivity index (χ1) is 15.7. The molecule has 5 heteroatoms. The van der Waals surface area contributed by atoms with Crippen LogP contribution in [0.15, 0.2) is 54.1 Å². The summed E-state index contributed by atoms with van der Waals surface area (Å²) in [6, 6.07) is 8.63. The molecule has 1 N–H and O–H groups in total. The molecule has 5 nitrogen and oxygen atoms in total. The van der Waals surface area contributed by atoms with Crippen molar-refractivity contribution < 1.29 is 19.1 Å². The van der Waals surface area contributed by atoms with Gasteiger partial charge in [0.15, 0.2) is 0 Å². The van der Waals surface area contributed by atoms with E-state index < -0.39 is 23.7 Å². The topological polar surface area (TPSA) is 64.6 Å². The SMILES string of the molecule is C.CC.CC.CCCC/C=C\C=C(/C)CC(NC(=O)OC(C)(C)C)C(=O)OCc1ccccc1. The van der Waals surface area contributed by atoms with E-state index in [1.807, 2.05) is 77.1 Å². The van der Waals surface area contributed by atoms with Crippen LogP contribution in [0.2, 0.25) is 0 Å². The highest BCUT2D eigenvalue weighted by atomic mass is 16.6. The molecule has 1 rings (SSSR count). The minimum atomic E-state index is -0.811. The van der Waals surface area contributed by atoms with Crippen LogP contribution in [-0.4, -0.2) is 23.7 Å². The standard InChI is InChI=1S/C24H35NO4.2C2H6.CH4/c1-6-7-8-9-11-14-19(2)17-21(25-23(27)29-24(3,4)5)22(26)28-18-20-15-12-10-13-16-20;2*1-2;/h9-16,21H,6-8,17-18H2,1-5H3,(H,25,27);2*1-2H3;1H4/b11-9-,19-14+;;;. The molecule has 0 spiro atoms. The maximum Gasteiger partial charge on any atom is 0.408 e. The first kappa shape index (κ1) is 36.0. The van der Waals surface area contributed by atoms with Gasteiger partial charge in [-0.3, -0.25) is 0 Å². The predicted molar refractivity (Wildman–Crippen MR) is 146 cm³/mol. The molecule has 34 heavy (non-hydrogen) atoms. The zero-order valence-corrected chi connectivity index (χ0v) is 22.4. The molecule has 1 atom stereocenters. The van der Waals surface area contributed by atoms with Crippen LogP contribution in [0.1, 0.15) is 101 Å². The molecule has 0 aliphatic carbocycles. The van der Waals surface area contributed by atoms with E-state index in [4.69, 9.17) is 9.47 Å². The smallest absolute Gasteiger partial charge is 0.408 e. The molecule has 196 valence electrons. The number of ether oxygens (including phenoxy) is 2. The van der Waals surface area contributed by atoms with E-state index in [9.17, 15) is 9.59 Å². The number of benzene rings is 1. The highest BCUT2D eigenvalue weighted by molar-refractivity contribution is 5.81. The number of esters is 1. The second-order valence-electron chi connectivity index (χ2n) is 8.08. The number of amides is 1. The number of nitrogens with one attached hydrogen (secondary N) is 1. The van der Waals surface area contributed by atoms with E-state index >= 15 is 0 Å². The van der Waals surface area contributed by atoms with Crippen LogP contribution in [0.25, 0.3) is 0 Å². The molecule has 0 saturated heterocycles. The van der Waals surface area contributed by atoms with Crippen LogP contribution in [0.3, 0.4) is 0 Å². The van der Waals surface area contributed by atoms with Gasteiger partial charge in [0.1, 0.15) is 18.2 Å². The van der Waals surface area contributed by atoms with Gasteiger partial charge < -0.3 is 14.8 Å². The zero-order valence-electron chi connectivity index (χ0n) is 22.4. The van der Waals surface area contributed by atoms with Crippen molar-refractivity contribution >= 4 is 12.1 Å². The summed E-state index contributed by atoms with van der Waals surface area (Å²) < 4.78 is 10.7. The van der Waals surface area contributed by atoms with Crippen molar-refractivity contribution in [3.05, 3.63) is 59.7 Å². The van der Waals surface area contributed by atoms with Crippen molar-refractivity contribution in [3.8, 4) is 0 Å². The summed E-state index contributed by atoms with van der Waals surface area (Å²) >= 11 is 0. The summed E-state index contributed by atoms with van der Waals surface area (Å²) in [6.45, 7) is 17.6. The maximum atomic E-state index is 12.6. The Hall–Kier alpha value is -2.56. The first-order valence-corrected chi connectivity index (χ1v) is 12.2. The van der Waals surface area contributed by atoms with Crippen molar-refractivity contribution in [2.24, 2.45) is 0 Å². The van der Waals surface area contributed by atoms with E-state index in [1.165, 1.54) is 0 Å². The molecule has 0 fully saturated rings. The van der Waals surface area contributed by atoms with Gasteiger partial charge in [0.05, 0.1) is 0 Å². The quantitative estimate of drug-likeness (QED) is 0.209. The minimum Gasteiger partial charge on any atom is -0.459 e. The van der Waals surface area contributed by atoms with Crippen LogP contribution in [0.4, 0.5) is 4.79 Å². The fourth-order valence-corrected chi connectivity index (χ4v) is 2.51. The van der Waals surface area contributed by atoms with Crippen LogP contribution in [0.5, 0.6) is 0 Å². The lowest BCUT2D eigenvalue weighted by molar-refractivity contribution is -0.147. The third kappa shape index (κ3) is 20.1. The summed E-state index contributed by atoms with van der Waals surface area (Å²) in [5, 5.41) is 2.65. The molecule has 1 aromatic carbocycles. The third-order valence-electron chi connectivity index (χ3n) is 3.97. The lowest BCUT2D eigenvalue weighted by Crippen LogP contribution is -2.44. The first-order valence-electron chi connectivity index (χ1n) is 12.2. The molecule has 0 saturated carbocycles. The predicted octanol–water partition coefficient (Wildman–Crippen LogP) is 8.39. The van der Waals surface area contributed by atoms with Gasteiger partial charge in [-0.2, -0.15) is 0 Å². The van der Waals surface area contributed by atoms with Crippen LogP contribution in [-0.2, 0) is 20.9 Å². The highest BCUT2D eigenvalue weighted by Crippen LogP contribution is 2.12. The Balaban J connectivity index is -0.00000182. The van der Waals surface area contributed by atoms with Crippen LogP contribution in [0, 0.1) is 0 Å². The van der Waals surface area contributed by atoms with E-state index in [-0.39, 0.29) is 14.0 Å². The molecule has 0 aliphatic rings. The molecular formula is C29H51NO4. The number of hydrogen-bond donors (Lipinski definition) is 1. The summed E-state index contributed by atoms with van der Waals surface area (Å²) in [7, 11) is 0. The van der Waals surface area contributed by atoms with Crippen molar-refractivity contribution in [2.45, 2.75) is 114 Å². The fraction of sp³-hybridized carbons (Fsp3) is 0.586. The number of alkyl carbamates (subject to hydrolysis) is 1. The number of carbonyl (C=O) groups excluding carboxylic acids is 2. The highest BCUT2D eigenvalue weighted by Gasteiger charge is 2.25. The Labute approximate surface area is 210 Å². The van der Waals surface area contributed by atoms with Gasteiger partial charge >= 0.3 is 12.1 Å². The summed E-state index contributed by atoms with van der Waals surface area (Å²) in [4.78, 5) is 24.8. The number of carbonyl (C=O) groups is 2. The van der Waals surface area contributed by atoms with Crippen LogP contribution < -0.4 is 5.32 Å². The average Bonchev–Trinajstić information content (AvgIpc) is 2.79. The van der Waals surface area contributed by atoms with Crippen LogP contribution >= 0.6 is 0 Å². The van der Waals surface area contributed by atoms with Gasteiger partial charge in [0.2, 0.25) is 0 Å². The number of hydrogen-bond acceptors (Lipinski definition) is 4. The number of unbranched alkanes of at least 4 members (excludes halogenated alkanes) is 2. The Morgan fingerprint density at radius 1 is 1.06 bits per heavy atom. The Bertz CT molecular complexity index is 688. The van der Waals surface area contributed by atoms with E-state index in [0.717, 1.165) is 30.4 Å². The fourth-order valence-electron chi connectivity index (χ4n) is 2.51. The molecule has 0 heterocycles. The van der Waals surface area contributed by atoms with Crippen molar-refractivity contribution in [1.82, 2.24) is 5.32 Å². The zero-order chi connectivity index (χ0) is 25.7. The lowest BCUT2D eigenvalue weighted by Gasteiger charge is -2.23. The van der Waals surface area contributed by atoms with Crippen molar-refractivity contribution in [1.29, 1.82) is 0 Å². The Kier molecular flexibility index (Phi) is 23.6. The summed E-state index contributed by atoms with van der Waals surface area (Å²) in [5.41, 5.74) is 1.22. The normalized spacial score (nSPS) is 11.6. The number of rotatable bonds is 10. The number of allylic oxidation sites excluding steroid dienone is 3. The maximum absolute atomic E-state index is 12.6. The van der Waals surface area contributed by atoms with E-state index in [2.05, 4.69) is 18.3 Å². The molecule has 0 aliphatic heterocycles. The average molecular weight is 478 g/mol. The van der Waals surface area contributed by atoms with Gasteiger partial charge in [-0.05, 0) is 46.1 Å².